The summed E-state index contributed by atoms with van der Waals surface area (Å²) in [4.78, 5) is 14.9. The Balaban J connectivity index is 1.84. The SMILES string of the molecule is CCS(=O)(=O)N1C[C@@H](C(=O)N2CCOCC2)C2(CCOCC2)C1. The summed E-state index contributed by atoms with van der Waals surface area (Å²) in [7, 11) is -3.27. The van der Waals surface area contributed by atoms with Crippen LogP contribution in [-0.4, -0.2) is 81.9 Å². The highest BCUT2D eigenvalue weighted by molar-refractivity contribution is 7.89. The molecular formula is C15H26N2O5S. The number of hydrogen-bond donors (Lipinski definition) is 0. The number of sulfonamides is 1. The van der Waals surface area contributed by atoms with Crippen LogP contribution in [0.25, 0.3) is 0 Å². The first kappa shape index (κ1) is 17.1. The Hall–Kier alpha value is -0.700. The van der Waals surface area contributed by atoms with Gasteiger partial charge in [0.15, 0.2) is 0 Å². The molecule has 1 amide bonds. The van der Waals surface area contributed by atoms with Crippen LogP contribution < -0.4 is 0 Å². The molecule has 0 aliphatic carbocycles. The van der Waals surface area contributed by atoms with E-state index in [1.54, 1.807) is 6.92 Å². The first-order chi connectivity index (χ1) is 11.0. The molecule has 1 spiro atoms. The van der Waals surface area contributed by atoms with E-state index >= 15 is 0 Å². The van der Waals surface area contributed by atoms with Crippen LogP contribution in [0.5, 0.6) is 0 Å². The van der Waals surface area contributed by atoms with Crippen LogP contribution >= 0.6 is 0 Å². The fourth-order valence-corrected chi connectivity index (χ4v) is 5.14. The number of morpholine rings is 1. The zero-order valence-corrected chi connectivity index (χ0v) is 14.5. The van der Waals surface area contributed by atoms with Crippen molar-refractivity contribution in [3.63, 3.8) is 0 Å². The highest BCUT2D eigenvalue weighted by atomic mass is 32.2. The van der Waals surface area contributed by atoms with Crippen LogP contribution in [0.4, 0.5) is 0 Å². The van der Waals surface area contributed by atoms with E-state index < -0.39 is 10.0 Å². The summed E-state index contributed by atoms with van der Waals surface area (Å²) < 4.78 is 37.0. The molecule has 8 heteroatoms. The van der Waals surface area contributed by atoms with Gasteiger partial charge in [-0.25, -0.2) is 12.7 Å². The highest BCUT2D eigenvalue weighted by Crippen LogP contribution is 2.46. The summed E-state index contributed by atoms with van der Waals surface area (Å²) in [6.07, 6.45) is 1.51. The molecule has 1 atom stereocenters. The maximum absolute atomic E-state index is 13.0. The maximum Gasteiger partial charge on any atom is 0.227 e. The standard InChI is InChI=1S/C15H26N2O5S/c1-2-23(19,20)17-11-13(14(18)16-5-9-22-10-6-16)15(12-17)3-7-21-8-4-15/h13H,2-12H2,1H3/t13-/m0/s1. The predicted octanol–water partition coefficient (Wildman–Crippen LogP) is -0.0765. The minimum atomic E-state index is -3.27. The Kier molecular flexibility index (Phi) is 4.96. The number of nitrogens with zero attached hydrogens (tertiary/aromatic N) is 2. The van der Waals surface area contributed by atoms with Gasteiger partial charge < -0.3 is 14.4 Å². The van der Waals surface area contributed by atoms with Gasteiger partial charge in [0, 0.05) is 44.8 Å². The Bertz CT molecular complexity index is 538. The van der Waals surface area contributed by atoms with Gasteiger partial charge in [-0.15, -0.1) is 0 Å². The summed E-state index contributed by atoms with van der Waals surface area (Å²) >= 11 is 0. The maximum atomic E-state index is 13.0. The van der Waals surface area contributed by atoms with Gasteiger partial charge in [-0.2, -0.15) is 0 Å². The molecule has 3 aliphatic heterocycles. The molecular weight excluding hydrogens is 320 g/mol. The zero-order chi connectivity index (χ0) is 16.5. The molecule has 0 radical (unpaired) electrons. The highest BCUT2D eigenvalue weighted by Gasteiger charge is 2.53. The second kappa shape index (κ2) is 6.66. The van der Waals surface area contributed by atoms with Crippen molar-refractivity contribution in [1.82, 2.24) is 9.21 Å². The first-order valence-corrected chi connectivity index (χ1v) is 10.0. The van der Waals surface area contributed by atoms with Crippen molar-refractivity contribution in [2.75, 3.05) is 58.4 Å². The molecule has 0 aromatic heterocycles. The predicted molar refractivity (Wildman–Crippen MR) is 84.4 cm³/mol. The molecule has 0 saturated carbocycles. The molecule has 0 bridgehead atoms. The molecule has 0 aromatic rings. The summed E-state index contributed by atoms with van der Waals surface area (Å²) in [6, 6.07) is 0. The third-order valence-electron chi connectivity index (χ3n) is 5.48. The number of rotatable bonds is 3. The lowest BCUT2D eigenvalue weighted by molar-refractivity contribution is -0.144. The molecule has 3 aliphatic rings. The molecule has 23 heavy (non-hydrogen) atoms. The normalized spacial score (nSPS) is 29.1. The van der Waals surface area contributed by atoms with Crippen LogP contribution in [-0.2, 0) is 24.3 Å². The van der Waals surface area contributed by atoms with Gasteiger partial charge in [-0.05, 0) is 19.8 Å². The van der Waals surface area contributed by atoms with Gasteiger partial charge in [0.05, 0.1) is 24.9 Å². The van der Waals surface area contributed by atoms with Gasteiger partial charge in [0.2, 0.25) is 15.9 Å². The van der Waals surface area contributed by atoms with Crippen molar-refractivity contribution in [2.45, 2.75) is 19.8 Å². The number of carbonyl (C=O) groups is 1. The fraction of sp³-hybridized carbons (Fsp3) is 0.933. The average Bonchev–Trinajstić information content (AvgIpc) is 2.95. The van der Waals surface area contributed by atoms with Gasteiger partial charge in [-0.1, -0.05) is 0 Å². The van der Waals surface area contributed by atoms with Crippen molar-refractivity contribution in [1.29, 1.82) is 0 Å². The van der Waals surface area contributed by atoms with Crippen molar-refractivity contribution >= 4 is 15.9 Å². The van der Waals surface area contributed by atoms with Crippen molar-refractivity contribution in [2.24, 2.45) is 11.3 Å². The van der Waals surface area contributed by atoms with Crippen LogP contribution in [0.2, 0.25) is 0 Å². The Morgan fingerprint density at radius 3 is 2.35 bits per heavy atom. The summed E-state index contributed by atoms with van der Waals surface area (Å²) in [5, 5.41) is 0. The lowest BCUT2D eigenvalue weighted by Gasteiger charge is -2.39. The van der Waals surface area contributed by atoms with Gasteiger partial charge >= 0.3 is 0 Å². The third kappa shape index (κ3) is 3.26. The van der Waals surface area contributed by atoms with E-state index in [2.05, 4.69) is 0 Å². The third-order valence-corrected chi connectivity index (χ3v) is 7.28. The lowest BCUT2D eigenvalue weighted by atomic mass is 9.71. The number of hydrogen-bond acceptors (Lipinski definition) is 5. The van der Waals surface area contributed by atoms with Crippen molar-refractivity contribution in [3.8, 4) is 0 Å². The number of ether oxygens (including phenoxy) is 2. The smallest absolute Gasteiger partial charge is 0.227 e. The zero-order valence-electron chi connectivity index (χ0n) is 13.7. The molecule has 0 aromatic carbocycles. The summed E-state index contributed by atoms with van der Waals surface area (Å²) in [6.45, 7) is 5.95. The minimum Gasteiger partial charge on any atom is -0.381 e. The minimum absolute atomic E-state index is 0.0814. The fourth-order valence-electron chi connectivity index (χ4n) is 3.95. The second-order valence-corrected chi connectivity index (χ2v) is 8.92. The van der Waals surface area contributed by atoms with Crippen LogP contribution in [0.3, 0.4) is 0 Å². The molecule has 3 heterocycles. The van der Waals surface area contributed by atoms with Crippen molar-refractivity contribution < 1.29 is 22.7 Å². The first-order valence-electron chi connectivity index (χ1n) is 8.41. The second-order valence-electron chi connectivity index (χ2n) is 6.66. The van der Waals surface area contributed by atoms with E-state index in [4.69, 9.17) is 9.47 Å². The van der Waals surface area contributed by atoms with Gasteiger partial charge in [0.1, 0.15) is 0 Å². The van der Waals surface area contributed by atoms with Crippen LogP contribution in [0.1, 0.15) is 19.8 Å². The Morgan fingerprint density at radius 2 is 1.74 bits per heavy atom. The molecule has 3 saturated heterocycles. The molecule has 7 nitrogen and oxygen atoms in total. The lowest BCUT2D eigenvalue weighted by Crippen LogP contribution is -2.49. The van der Waals surface area contributed by atoms with E-state index in [1.807, 2.05) is 4.90 Å². The van der Waals surface area contributed by atoms with Gasteiger partial charge in [-0.3, -0.25) is 4.79 Å². The van der Waals surface area contributed by atoms with E-state index in [1.165, 1.54) is 4.31 Å². The number of amides is 1. The van der Waals surface area contributed by atoms with E-state index in [9.17, 15) is 13.2 Å². The molecule has 132 valence electrons. The van der Waals surface area contributed by atoms with E-state index in [0.29, 0.717) is 52.6 Å². The molecule has 3 rings (SSSR count). The molecule has 0 unspecified atom stereocenters. The van der Waals surface area contributed by atoms with Crippen LogP contribution in [0, 0.1) is 11.3 Å². The topological polar surface area (TPSA) is 76.2 Å². The molecule has 0 N–H and O–H groups in total. The summed E-state index contributed by atoms with van der Waals surface area (Å²) in [5.41, 5.74) is -0.268. The average molecular weight is 346 g/mol. The van der Waals surface area contributed by atoms with E-state index in [-0.39, 0.29) is 23.0 Å². The largest absolute Gasteiger partial charge is 0.381 e. The summed E-state index contributed by atoms with van der Waals surface area (Å²) in [5.74, 6) is -0.0901. The molecule has 3 fully saturated rings. The quantitative estimate of drug-likeness (QED) is 0.715. The van der Waals surface area contributed by atoms with E-state index in [0.717, 1.165) is 12.8 Å². The Morgan fingerprint density at radius 1 is 1.13 bits per heavy atom. The Labute approximate surface area is 138 Å². The van der Waals surface area contributed by atoms with Gasteiger partial charge in [0.25, 0.3) is 0 Å². The van der Waals surface area contributed by atoms with Crippen molar-refractivity contribution in [3.05, 3.63) is 0 Å². The number of carbonyl (C=O) groups excluding carboxylic acids is 1. The van der Waals surface area contributed by atoms with Crippen LogP contribution in [0.15, 0.2) is 0 Å². The monoisotopic (exact) mass is 346 g/mol.